The molecule has 1 saturated carbocycles. The summed E-state index contributed by atoms with van der Waals surface area (Å²) in [6.45, 7) is 1.04. The number of carbonyl (C=O) groups excluding carboxylic acids is 2. The van der Waals surface area contributed by atoms with E-state index in [4.69, 9.17) is 0 Å². The molecular formula is C30H35FN6O4S. The summed E-state index contributed by atoms with van der Waals surface area (Å²) in [6.07, 6.45) is 9.46. The third-order valence-electron chi connectivity index (χ3n) is 8.95. The fourth-order valence-electron chi connectivity index (χ4n) is 6.61. The molecule has 0 aromatic carbocycles. The van der Waals surface area contributed by atoms with Crippen LogP contribution in [0.3, 0.4) is 0 Å². The first-order valence-corrected chi connectivity index (χ1v) is 16.0. The van der Waals surface area contributed by atoms with Gasteiger partial charge in [-0.25, -0.2) is 14.2 Å². The van der Waals surface area contributed by atoms with Crippen molar-refractivity contribution in [3.8, 4) is 0 Å². The van der Waals surface area contributed by atoms with Crippen LogP contribution in [0.15, 0.2) is 46.4 Å². The third kappa shape index (κ3) is 5.73. The van der Waals surface area contributed by atoms with Crippen LogP contribution in [0.5, 0.6) is 0 Å². The van der Waals surface area contributed by atoms with Crippen LogP contribution >= 0.6 is 11.8 Å². The van der Waals surface area contributed by atoms with Crippen molar-refractivity contribution in [2.45, 2.75) is 69.5 Å². The zero-order valence-corrected chi connectivity index (χ0v) is 24.2. The van der Waals surface area contributed by atoms with E-state index in [1.165, 1.54) is 10.6 Å². The fourth-order valence-corrected chi connectivity index (χ4v) is 7.69. The quantitative estimate of drug-likeness (QED) is 0.482. The van der Waals surface area contributed by atoms with Crippen molar-refractivity contribution in [1.82, 2.24) is 29.3 Å². The number of likely N-dealkylation sites (tertiary alicyclic amines) is 1. The van der Waals surface area contributed by atoms with Crippen molar-refractivity contribution in [2.24, 2.45) is 5.92 Å². The van der Waals surface area contributed by atoms with Crippen LogP contribution in [-0.2, 0) is 4.79 Å². The summed E-state index contributed by atoms with van der Waals surface area (Å²) in [5.74, 6) is 1.01. The average molecular weight is 595 g/mol. The molecule has 0 radical (unpaired) electrons. The van der Waals surface area contributed by atoms with E-state index in [0.717, 1.165) is 30.5 Å². The molecule has 42 heavy (non-hydrogen) atoms. The molecule has 0 atom stereocenters. The molecule has 222 valence electrons. The highest BCUT2D eigenvalue weighted by atomic mass is 32.2. The largest absolute Gasteiger partial charge is 0.353 e. The van der Waals surface area contributed by atoms with Crippen LogP contribution in [0.25, 0.3) is 11.0 Å². The lowest BCUT2D eigenvalue weighted by molar-refractivity contribution is -0.127. The number of pyridine rings is 2. The van der Waals surface area contributed by atoms with Crippen molar-refractivity contribution < 1.29 is 14.0 Å². The number of nitrogens with one attached hydrogen (secondary N) is 1. The Kier molecular flexibility index (Phi) is 8.41. The van der Waals surface area contributed by atoms with E-state index >= 15 is 0 Å². The molecule has 1 aliphatic carbocycles. The van der Waals surface area contributed by atoms with Gasteiger partial charge in [0.1, 0.15) is 11.5 Å². The highest BCUT2D eigenvalue weighted by Crippen LogP contribution is 2.30. The third-order valence-corrected chi connectivity index (χ3v) is 10.00. The van der Waals surface area contributed by atoms with Gasteiger partial charge in [0.25, 0.3) is 11.5 Å². The molecule has 3 aliphatic rings. The summed E-state index contributed by atoms with van der Waals surface area (Å²) < 4.78 is 17.1. The van der Waals surface area contributed by atoms with Crippen LogP contribution in [0, 0.1) is 11.7 Å². The number of nitrogens with zero attached hydrogens (tertiary/aromatic N) is 5. The summed E-state index contributed by atoms with van der Waals surface area (Å²) in [7, 11) is 0. The number of amides is 2. The van der Waals surface area contributed by atoms with Gasteiger partial charge >= 0.3 is 5.69 Å². The number of aromatic nitrogens is 4. The smallest absolute Gasteiger partial charge is 0.333 e. The molecule has 2 aliphatic heterocycles. The molecule has 2 amide bonds. The first kappa shape index (κ1) is 28.6. The van der Waals surface area contributed by atoms with Crippen LogP contribution in [-0.4, -0.2) is 66.5 Å². The maximum atomic E-state index is 14.2. The van der Waals surface area contributed by atoms with E-state index in [1.54, 1.807) is 34.0 Å². The summed E-state index contributed by atoms with van der Waals surface area (Å²) >= 11 is 1.84. The highest BCUT2D eigenvalue weighted by molar-refractivity contribution is 7.99. The van der Waals surface area contributed by atoms with Crippen molar-refractivity contribution in [3.05, 3.63) is 69.0 Å². The highest BCUT2D eigenvalue weighted by Gasteiger charge is 2.32. The number of halogens is 1. The molecule has 3 aromatic rings. The maximum absolute atomic E-state index is 14.2. The maximum Gasteiger partial charge on any atom is 0.333 e. The van der Waals surface area contributed by atoms with Crippen molar-refractivity contribution in [2.75, 3.05) is 24.6 Å². The molecule has 3 fully saturated rings. The normalized spacial score (nSPS) is 22.3. The van der Waals surface area contributed by atoms with Crippen LogP contribution in [0.2, 0.25) is 0 Å². The van der Waals surface area contributed by atoms with E-state index in [-0.39, 0.29) is 52.6 Å². The Balaban J connectivity index is 1.11. The Labute approximate surface area is 246 Å². The minimum atomic E-state index is -0.603. The second kappa shape index (κ2) is 12.4. The van der Waals surface area contributed by atoms with E-state index < -0.39 is 11.4 Å². The molecule has 2 saturated heterocycles. The molecule has 5 heterocycles. The second-order valence-electron chi connectivity index (χ2n) is 11.5. The van der Waals surface area contributed by atoms with Crippen LogP contribution in [0.1, 0.15) is 73.8 Å². The number of carbonyl (C=O) groups is 2. The van der Waals surface area contributed by atoms with Gasteiger partial charge in [0.05, 0.1) is 17.1 Å². The van der Waals surface area contributed by atoms with Gasteiger partial charge in [0.15, 0.2) is 0 Å². The first-order chi connectivity index (χ1) is 20.4. The number of hydrogen-bond acceptors (Lipinski definition) is 7. The summed E-state index contributed by atoms with van der Waals surface area (Å²) in [5, 5.41) is 3.32. The van der Waals surface area contributed by atoms with Crippen LogP contribution < -0.4 is 16.6 Å². The molecule has 12 heteroatoms. The van der Waals surface area contributed by atoms with Gasteiger partial charge in [-0.2, -0.15) is 11.8 Å². The van der Waals surface area contributed by atoms with Crippen molar-refractivity contribution in [1.29, 1.82) is 0 Å². The minimum Gasteiger partial charge on any atom is -0.353 e. The van der Waals surface area contributed by atoms with Crippen molar-refractivity contribution in [3.63, 3.8) is 0 Å². The molecule has 6 rings (SSSR count). The SMILES string of the molecule is O=C(NC1CCC(n2c(=O)c3cc(F)cnc3n(C3CCSCC3)c2=O)CC1)C1CCN(C(=O)c2cccnc2)CC1. The van der Waals surface area contributed by atoms with Gasteiger partial charge in [-0.1, -0.05) is 0 Å². The van der Waals surface area contributed by atoms with E-state index in [0.29, 0.717) is 57.2 Å². The van der Waals surface area contributed by atoms with E-state index in [2.05, 4.69) is 15.3 Å². The Bertz CT molecular complexity index is 1570. The second-order valence-corrected chi connectivity index (χ2v) is 12.7. The standard InChI is InChI=1S/C30H35FN6O4S/c31-21-16-25-26(33-18-21)36(24-9-14-42-15-10-24)30(41)37(29(25)40)23-5-3-22(4-6-23)34-27(38)19-7-12-35(13-8-19)28(39)20-2-1-11-32-17-20/h1-2,11,16-19,22-24H,3-10,12-15H2,(H,34,38). The summed E-state index contributed by atoms with van der Waals surface area (Å²) in [6, 6.07) is 4.23. The Morgan fingerprint density at radius 3 is 2.33 bits per heavy atom. The zero-order chi connectivity index (χ0) is 29.2. The van der Waals surface area contributed by atoms with Crippen molar-refractivity contribution >= 4 is 34.6 Å². The zero-order valence-electron chi connectivity index (χ0n) is 23.4. The monoisotopic (exact) mass is 594 g/mol. The predicted octanol–water partition coefficient (Wildman–Crippen LogP) is 3.31. The molecule has 0 unspecified atom stereocenters. The molecular weight excluding hydrogens is 559 g/mol. The van der Waals surface area contributed by atoms with Gasteiger partial charge in [0.2, 0.25) is 5.91 Å². The number of rotatable bonds is 5. The van der Waals surface area contributed by atoms with Gasteiger partial charge in [0, 0.05) is 49.5 Å². The lowest BCUT2D eigenvalue weighted by atomic mass is 9.89. The fraction of sp³-hybridized carbons (Fsp3) is 0.533. The number of fused-ring (bicyclic) bond motifs is 1. The Morgan fingerprint density at radius 1 is 0.929 bits per heavy atom. The Hall–Kier alpha value is -3.54. The Morgan fingerprint density at radius 2 is 1.64 bits per heavy atom. The predicted molar refractivity (Wildman–Crippen MR) is 158 cm³/mol. The molecule has 0 bridgehead atoms. The van der Waals surface area contributed by atoms with Gasteiger partial charge < -0.3 is 10.2 Å². The minimum absolute atomic E-state index is 0.00567. The van der Waals surface area contributed by atoms with E-state index in [1.807, 2.05) is 11.8 Å². The number of thioether (sulfide) groups is 1. The number of piperidine rings is 1. The van der Waals surface area contributed by atoms with Gasteiger partial charge in [-0.15, -0.1) is 0 Å². The molecule has 10 nitrogen and oxygen atoms in total. The molecule has 3 aromatic heterocycles. The average Bonchev–Trinajstić information content (AvgIpc) is 3.03. The summed E-state index contributed by atoms with van der Waals surface area (Å²) in [5.41, 5.74) is -0.0608. The van der Waals surface area contributed by atoms with Gasteiger partial charge in [-0.05, 0) is 81.1 Å². The molecule has 0 spiro atoms. The summed E-state index contributed by atoms with van der Waals surface area (Å²) in [4.78, 5) is 63.1. The lowest BCUT2D eigenvalue weighted by Gasteiger charge is -2.34. The first-order valence-electron chi connectivity index (χ1n) is 14.8. The van der Waals surface area contributed by atoms with Gasteiger partial charge in [-0.3, -0.25) is 28.5 Å². The topological polar surface area (TPSA) is 119 Å². The van der Waals surface area contributed by atoms with Crippen LogP contribution in [0.4, 0.5) is 4.39 Å². The number of hydrogen-bond donors (Lipinski definition) is 1. The lowest BCUT2D eigenvalue weighted by Crippen LogP contribution is -2.48. The molecule has 1 N–H and O–H groups in total. The van der Waals surface area contributed by atoms with E-state index in [9.17, 15) is 23.6 Å².